The first-order valence-corrected chi connectivity index (χ1v) is 9.39. The number of carbonyl (C=O) groups is 2. The van der Waals surface area contributed by atoms with Gasteiger partial charge in [-0.25, -0.2) is 9.18 Å². The standard InChI is InChI=1S/C19H18FN3O.C2HF3O2/c20-14-7-8-15-13(11-14)12-17(21-15)19(24)22-16-5-1-2-6-18(16)23-9-3-4-10-23;3-2(4,5)1(6)7/h1-2,5-8,11-12,21H,3-4,9-10H2,(H,22,24);(H,6,7). The second-order valence-corrected chi connectivity index (χ2v) is 6.88. The summed E-state index contributed by atoms with van der Waals surface area (Å²) in [5, 5.41) is 10.8. The molecule has 0 atom stereocenters. The highest BCUT2D eigenvalue weighted by Gasteiger charge is 2.38. The van der Waals surface area contributed by atoms with Crippen LogP contribution in [0.4, 0.5) is 28.9 Å². The minimum Gasteiger partial charge on any atom is -0.475 e. The Bertz CT molecular complexity index is 1090. The minimum absolute atomic E-state index is 0.224. The molecule has 2 heterocycles. The Morgan fingerprint density at radius 3 is 2.32 bits per heavy atom. The molecule has 1 aliphatic heterocycles. The molecule has 0 bridgehead atoms. The van der Waals surface area contributed by atoms with Crippen LogP contribution in [-0.2, 0) is 4.79 Å². The molecule has 3 N–H and O–H groups in total. The number of carbonyl (C=O) groups excluding carboxylic acids is 1. The zero-order chi connectivity index (χ0) is 22.6. The van der Waals surface area contributed by atoms with Gasteiger partial charge < -0.3 is 20.3 Å². The third kappa shape index (κ3) is 5.53. The number of aromatic nitrogens is 1. The summed E-state index contributed by atoms with van der Waals surface area (Å²) in [6.07, 6.45) is -2.73. The Hall–Kier alpha value is -3.56. The molecule has 0 spiro atoms. The molecule has 1 aliphatic rings. The number of halogens is 4. The molecular formula is C21H19F4N3O3. The van der Waals surface area contributed by atoms with Crippen LogP contribution in [0.3, 0.4) is 0 Å². The number of hydrogen-bond acceptors (Lipinski definition) is 3. The zero-order valence-electron chi connectivity index (χ0n) is 16.2. The Morgan fingerprint density at radius 1 is 1.03 bits per heavy atom. The summed E-state index contributed by atoms with van der Waals surface area (Å²) in [7, 11) is 0. The van der Waals surface area contributed by atoms with Gasteiger partial charge >= 0.3 is 12.1 Å². The summed E-state index contributed by atoms with van der Waals surface area (Å²) in [6.45, 7) is 2.02. The van der Waals surface area contributed by atoms with Gasteiger partial charge in [-0.1, -0.05) is 12.1 Å². The van der Waals surface area contributed by atoms with Gasteiger partial charge in [0.15, 0.2) is 0 Å². The number of nitrogens with zero attached hydrogens (tertiary/aromatic N) is 1. The number of aromatic amines is 1. The molecular weight excluding hydrogens is 418 g/mol. The zero-order valence-corrected chi connectivity index (χ0v) is 16.2. The number of benzene rings is 2. The number of hydrogen-bond donors (Lipinski definition) is 3. The number of para-hydroxylation sites is 2. The van der Waals surface area contributed by atoms with Crippen molar-refractivity contribution in [1.29, 1.82) is 0 Å². The molecule has 0 unspecified atom stereocenters. The third-order valence-electron chi connectivity index (χ3n) is 4.67. The Labute approximate surface area is 174 Å². The molecule has 10 heteroatoms. The van der Waals surface area contributed by atoms with E-state index in [1.807, 2.05) is 24.3 Å². The maximum atomic E-state index is 13.3. The van der Waals surface area contributed by atoms with Crippen molar-refractivity contribution >= 4 is 34.2 Å². The fourth-order valence-corrected chi connectivity index (χ4v) is 3.23. The summed E-state index contributed by atoms with van der Waals surface area (Å²) in [6, 6.07) is 13.9. The van der Waals surface area contributed by atoms with Gasteiger partial charge in [0.1, 0.15) is 11.5 Å². The van der Waals surface area contributed by atoms with Crippen molar-refractivity contribution in [2.24, 2.45) is 0 Å². The molecule has 1 fully saturated rings. The molecule has 31 heavy (non-hydrogen) atoms. The van der Waals surface area contributed by atoms with Crippen LogP contribution >= 0.6 is 0 Å². The summed E-state index contributed by atoms with van der Waals surface area (Å²) >= 11 is 0. The van der Waals surface area contributed by atoms with E-state index < -0.39 is 12.1 Å². The first-order chi connectivity index (χ1) is 14.6. The monoisotopic (exact) mass is 437 g/mol. The lowest BCUT2D eigenvalue weighted by Crippen LogP contribution is -2.21. The van der Waals surface area contributed by atoms with E-state index in [-0.39, 0.29) is 11.7 Å². The Kier molecular flexibility index (Phi) is 6.47. The number of amides is 1. The number of H-pyrrole nitrogens is 1. The average molecular weight is 437 g/mol. The molecule has 4 rings (SSSR count). The van der Waals surface area contributed by atoms with Gasteiger partial charge in [0.2, 0.25) is 0 Å². The smallest absolute Gasteiger partial charge is 0.475 e. The van der Waals surface area contributed by atoms with Crippen LogP contribution in [0, 0.1) is 5.82 Å². The number of aliphatic carboxylic acids is 1. The number of rotatable bonds is 3. The van der Waals surface area contributed by atoms with Crippen molar-refractivity contribution in [2.45, 2.75) is 19.0 Å². The van der Waals surface area contributed by atoms with Crippen molar-refractivity contribution in [2.75, 3.05) is 23.3 Å². The third-order valence-corrected chi connectivity index (χ3v) is 4.67. The summed E-state index contributed by atoms with van der Waals surface area (Å²) in [5.41, 5.74) is 3.01. The van der Waals surface area contributed by atoms with Crippen LogP contribution in [0.5, 0.6) is 0 Å². The van der Waals surface area contributed by atoms with E-state index >= 15 is 0 Å². The summed E-state index contributed by atoms with van der Waals surface area (Å²) in [4.78, 5) is 26.8. The predicted molar refractivity (Wildman–Crippen MR) is 108 cm³/mol. The summed E-state index contributed by atoms with van der Waals surface area (Å²) < 4.78 is 45.0. The van der Waals surface area contributed by atoms with E-state index in [0.717, 1.165) is 30.0 Å². The van der Waals surface area contributed by atoms with Gasteiger partial charge in [-0.2, -0.15) is 13.2 Å². The van der Waals surface area contributed by atoms with Crippen molar-refractivity contribution in [3.63, 3.8) is 0 Å². The quantitative estimate of drug-likeness (QED) is 0.514. The van der Waals surface area contributed by atoms with Crippen molar-refractivity contribution in [1.82, 2.24) is 4.98 Å². The number of fused-ring (bicyclic) bond motifs is 1. The van der Waals surface area contributed by atoms with Gasteiger partial charge in [0, 0.05) is 24.0 Å². The molecule has 1 aromatic heterocycles. The number of anilines is 2. The van der Waals surface area contributed by atoms with Crippen LogP contribution in [0.1, 0.15) is 23.3 Å². The number of carboxylic acid groups (broad SMARTS) is 1. The average Bonchev–Trinajstić information content (AvgIpc) is 3.37. The molecule has 6 nitrogen and oxygen atoms in total. The molecule has 3 aromatic rings. The van der Waals surface area contributed by atoms with Gasteiger partial charge in [-0.3, -0.25) is 4.79 Å². The molecule has 164 valence electrons. The number of nitrogens with one attached hydrogen (secondary N) is 2. The van der Waals surface area contributed by atoms with Crippen LogP contribution in [0.2, 0.25) is 0 Å². The van der Waals surface area contributed by atoms with Crippen LogP contribution in [0.15, 0.2) is 48.5 Å². The molecule has 1 amide bonds. The van der Waals surface area contributed by atoms with Crippen molar-refractivity contribution in [3.05, 3.63) is 60.0 Å². The van der Waals surface area contributed by atoms with E-state index in [2.05, 4.69) is 15.2 Å². The topological polar surface area (TPSA) is 85.4 Å². The number of carboxylic acids is 1. The minimum atomic E-state index is -5.08. The van der Waals surface area contributed by atoms with Crippen LogP contribution in [0.25, 0.3) is 10.9 Å². The maximum Gasteiger partial charge on any atom is 0.490 e. The van der Waals surface area contributed by atoms with Crippen molar-refractivity contribution < 1.29 is 32.3 Å². The highest BCUT2D eigenvalue weighted by atomic mass is 19.4. The van der Waals surface area contributed by atoms with Gasteiger partial charge in [-0.15, -0.1) is 0 Å². The Balaban J connectivity index is 0.000000339. The first kappa shape index (κ1) is 22.1. The van der Waals surface area contributed by atoms with Gasteiger partial charge in [-0.05, 0) is 49.2 Å². The predicted octanol–water partition coefficient (Wildman–Crippen LogP) is 4.79. The van der Waals surface area contributed by atoms with Gasteiger partial charge in [0.25, 0.3) is 5.91 Å². The lowest BCUT2D eigenvalue weighted by Gasteiger charge is -2.21. The normalized spacial score (nSPS) is 13.6. The van der Waals surface area contributed by atoms with Crippen LogP contribution in [-0.4, -0.2) is 41.2 Å². The van der Waals surface area contributed by atoms with E-state index in [1.54, 1.807) is 12.1 Å². The summed E-state index contributed by atoms with van der Waals surface area (Å²) in [5.74, 6) is -3.29. The fourth-order valence-electron chi connectivity index (χ4n) is 3.23. The first-order valence-electron chi connectivity index (χ1n) is 9.39. The second kappa shape index (κ2) is 9.07. The Morgan fingerprint density at radius 2 is 1.68 bits per heavy atom. The van der Waals surface area contributed by atoms with Crippen molar-refractivity contribution in [3.8, 4) is 0 Å². The van der Waals surface area contributed by atoms with Gasteiger partial charge in [0.05, 0.1) is 11.4 Å². The maximum absolute atomic E-state index is 13.3. The van der Waals surface area contributed by atoms with E-state index in [0.29, 0.717) is 11.1 Å². The lowest BCUT2D eigenvalue weighted by molar-refractivity contribution is -0.192. The van der Waals surface area contributed by atoms with E-state index in [1.165, 1.54) is 25.0 Å². The highest BCUT2D eigenvalue weighted by molar-refractivity contribution is 6.07. The molecule has 0 saturated carbocycles. The second-order valence-electron chi connectivity index (χ2n) is 6.88. The van der Waals surface area contributed by atoms with Crippen LogP contribution < -0.4 is 10.2 Å². The SMILES string of the molecule is O=C(Nc1ccccc1N1CCCC1)c1cc2cc(F)ccc2[nH]1.O=C(O)C(F)(F)F. The molecule has 0 aliphatic carbocycles. The van der Waals surface area contributed by atoms with E-state index in [9.17, 15) is 22.4 Å². The molecule has 1 saturated heterocycles. The number of alkyl halides is 3. The van der Waals surface area contributed by atoms with E-state index in [4.69, 9.17) is 9.90 Å². The fraction of sp³-hybridized carbons (Fsp3) is 0.238. The molecule has 2 aromatic carbocycles. The largest absolute Gasteiger partial charge is 0.490 e. The molecule has 0 radical (unpaired) electrons. The highest BCUT2D eigenvalue weighted by Crippen LogP contribution is 2.29. The lowest BCUT2D eigenvalue weighted by atomic mass is 10.2.